The van der Waals surface area contributed by atoms with Gasteiger partial charge < -0.3 is 5.32 Å². The third-order valence-corrected chi connectivity index (χ3v) is 5.24. The average molecular weight is 320 g/mol. The second kappa shape index (κ2) is 5.55. The summed E-state index contributed by atoms with van der Waals surface area (Å²) in [5, 5.41) is 12.6. The van der Waals surface area contributed by atoms with E-state index in [-0.39, 0.29) is 5.69 Å². The molecule has 0 amide bonds. The first kappa shape index (κ1) is 15.6. The molecule has 0 aliphatic heterocycles. The van der Waals surface area contributed by atoms with Gasteiger partial charge in [-0.2, -0.15) is 4.39 Å². The van der Waals surface area contributed by atoms with E-state index in [0.717, 1.165) is 12.3 Å². The highest BCUT2D eigenvalue weighted by atomic mass is 32.2. The molecule has 0 heterocycles. The van der Waals surface area contributed by atoms with Crippen molar-refractivity contribution >= 4 is 21.2 Å². The van der Waals surface area contributed by atoms with Crippen LogP contribution in [0.2, 0.25) is 0 Å². The molecule has 1 saturated carbocycles. The van der Waals surface area contributed by atoms with E-state index >= 15 is 0 Å². The van der Waals surface area contributed by atoms with Crippen LogP contribution in [0.4, 0.5) is 20.2 Å². The number of hydrogen-bond acceptors (Lipinski definition) is 5. The monoisotopic (exact) mass is 320 g/mol. The Bertz CT molecular complexity index is 678. The van der Waals surface area contributed by atoms with Crippen molar-refractivity contribution in [1.82, 2.24) is 0 Å². The molecule has 0 spiro atoms. The summed E-state index contributed by atoms with van der Waals surface area (Å²) in [7, 11) is -3.31. The van der Waals surface area contributed by atoms with Gasteiger partial charge in [0.25, 0.3) is 0 Å². The molecule has 6 nitrogen and oxygen atoms in total. The number of sulfone groups is 1. The molecule has 0 bridgehead atoms. The number of benzene rings is 1. The van der Waals surface area contributed by atoms with Gasteiger partial charge in [-0.1, -0.05) is 0 Å². The average Bonchev–Trinajstić information content (AvgIpc) is 2.80. The molecule has 1 aliphatic rings. The zero-order valence-corrected chi connectivity index (χ0v) is 12.0. The van der Waals surface area contributed by atoms with Gasteiger partial charge in [0.15, 0.2) is 9.84 Å². The molecule has 0 saturated heterocycles. The summed E-state index contributed by atoms with van der Waals surface area (Å²) in [6.45, 7) is 0. The van der Waals surface area contributed by atoms with Crippen molar-refractivity contribution < 1.29 is 22.1 Å². The number of rotatable bonds is 4. The number of nitro groups is 1. The largest absolute Gasteiger partial charge is 0.378 e. The quantitative estimate of drug-likeness (QED) is 0.679. The predicted octanol–water partition coefficient (Wildman–Crippen LogP) is 2.25. The Morgan fingerprint density at radius 3 is 2.52 bits per heavy atom. The summed E-state index contributed by atoms with van der Waals surface area (Å²) in [5.41, 5.74) is -1.11. The maximum absolute atomic E-state index is 13.7. The topological polar surface area (TPSA) is 89.3 Å². The van der Waals surface area contributed by atoms with Crippen molar-refractivity contribution in [3.05, 3.63) is 33.9 Å². The van der Waals surface area contributed by atoms with E-state index in [2.05, 4.69) is 5.32 Å². The SMILES string of the molecule is CS(=O)(=O)C1CCCC1Nc1cc([N+](=O)[O-])c(F)cc1F. The van der Waals surface area contributed by atoms with Crippen LogP contribution in [0.1, 0.15) is 19.3 Å². The summed E-state index contributed by atoms with van der Waals surface area (Å²) in [4.78, 5) is 9.71. The molecule has 1 aromatic carbocycles. The van der Waals surface area contributed by atoms with Gasteiger partial charge in [0.05, 0.1) is 15.9 Å². The Balaban J connectivity index is 2.31. The minimum atomic E-state index is -3.31. The number of nitro benzene ring substituents is 1. The molecule has 2 unspecified atom stereocenters. The van der Waals surface area contributed by atoms with Gasteiger partial charge in [-0.3, -0.25) is 10.1 Å². The third-order valence-electron chi connectivity index (χ3n) is 3.58. The molecule has 0 radical (unpaired) electrons. The van der Waals surface area contributed by atoms with Crippen molar-refractivity contribution in [2.75, 3.05) is 11.6 Å². The number of anilines is 1. The van der Waals surface area contributed by atoms with Crippen LogP contribution in [0.15, 0.2) is 12.1 Å². The standard InChI is InChI=1S/C12H14F2N2O4S/c1-21(19,20)12-4-2-3-9(12)15-10-6-11(16(17)18)8(14)5-7(10)13/h5-6,9,12,15H,2-4H2,1H3. The molecule has 0 aromatic heterocycles. The summed E-state index contributed by atoms with van der Waals surface area (Å²) in [5.74, 6) is -2.26. The summed E-state index contributed by atoms with van der Waals surface area (Å²) >= 11 is 0. The van der Waals surface area contributed by atoms with Gasteiger partial charge in [0.1, 0.15) is 5.82 Å². The highest BCUT2D eigenvalue weighted by Crippen LogP contribution is 2.31. The van der Waals surface area contributed by atoms with E-state index in [1.807, 2.05) is 0 Å². The predicted molar refractivity (Wildman–Crippen MR) is 72.9 cm³/mol. The van der Waals surface area contributed by atoms with Crippen molar-refractivity contribution in [1.29, 1.82) is 0 Å². The molecule has 2 rings (SSSR count). The van der Waals surface area contributed by atoms with Gasteiger partial charge in [-0.25, -0.2) is 12.8 Å². The van der Waals surface area contributed by atoms with E-state index in [1.165, 1.54) is 0 Å². The third kappa shape index (κ3) is 3.29. The maximum Gasteiger partial charge on any atom is 0.307 e. The fourth-order valence-corrected chi connectivity index (χ4v) is 3.99. The van der Waals surface area contributed by atoms with E-state index < -0.39 is 43.4 Å². The van der Waals surface area contributed by atoms with Gasteiger partial charge in [-0.05, 0) is 19.3 Å². The number of hydrogen-bond donors (Lipinski definition) is 1. The lowest BCUT2D eigenvalue weighted by Gasteiger charge is -2.20. The second-order valence-electron chi connectivity index (χ2n) is 5.09. The molecule has 1 N–H and O–H groups in total. The molecular weight excluding hydrogens is 306 g/mol. The first-order valence-corrected chi connectivity index (χ1v) is 8.24. The Kier molecular flexibility index (Phi) is 4.13. The fraction of sp³-hybridized carbons (Fsp3) is 0.500. The van der Waals surface area contributed by atoms with Crippen LogP contribution in [0, 0.1) is 21.7 Å². The van der Waals surface area contributed by atoms with Crippen molar-refractivity contribution in [3.63, 3.8) is 0 Å². The fourth-order valence-electron chi connectivity index (χ4n) is 2.59. The first-order chi connectivity index (χ1) is 9.70. The number of nitrogens with one attached hydrogen (secondary N) is 1. The van der Waals surface area contributed by atoms with E-state index in [0.29, 0.717) is 25.3 Å². The molecule has 1 aromatic rings. The summed E-state index contributed by atoms with van der Waals surface area (Å²) < 4.78 is 50.2. The maximum atomic E-state index is 13.7. The van der Waals surface area contributed by atoms with Gasteiger partial charge in [0.2, 0.25) is 5.82 Å². The smallest absolute Gasteiger partial charge is 0.307 e. The Labute approximate surface area is 120 Å². The molecule has 1 aliphatic carbocycles. The Morgan fingerprint density at radius 1 is 1.29 bits per heavy atom. The lowest BCUT2D eigenvalue weighted by Crippen LogP contribution is -2.34. The molecule has 116 valence electrons. The van der Waals surface area contributed by atoms with Crippen molar-refractivity contribution in [2.45, 2.75) is 30.6 Å². The van der Waals surface area contributed by atoms with Crippen LogP contribution in [-0.4, -0.2) is 30.9 Å². The minimum absolute atomic E-state index is 0.261. The molecular formula is C12H14F2N2O4S. The zero-order chi connectivity index (χ0) is 15.8. The van der Waals surface area contributed by atoms with Crippen molar-refractivity contribution in [2.24, 2.45) is 0 Å². The Morgan fingerprint density at radius 2 is 1.95 bits per heavy atom. The van der Waals surface area contributed by atoms with Gasteiger partial charge in [-0.15, -0.1) is 0 Å². The lowest BCUT2D eigenvalue weighted by molar-refractivity contribution is -0.387. The van der Waals surface area contributed by atoms with E-state index in [4.69, 9.17) is 0 Å². The molecule has 2 atom stereocenters. The normalized spacial score (nSPS) is 22.2. The Hall–Kier alpha value is -1.77. The summed E-state index contributed by atoms with van der Waals surface area (Å²) in [6, 6.07) is 0.632. The van der Waals surface area contributed by atoms with Gasteiger partial charge >= 0.3 is 5.69 Å². The number of nitrogens with zero attached hydrogens (tertiary/aromatic N) is 1. The number of halogens is 2. The van der Waals surface area contributed by atoms with Crippen LogP contribution >= 0.6 is 0 Å². The molecule has 21 heavy (non-hydrogen) atoms. The van der Waals surface area contributed by atoms with Gasteiger partial charge in [0, 0.05) is 24.4 Å². The van der Waals surface area contributed by atoms with Crippen LogP contribution in [-0.2, 0) is 9.84 Å². The van der Waals surface area contributed by atoms with Crippen LogP contribution < -0.4 is 5.32 Å². The first-order valence-electron chi connectivity index (χ1n) is 6.29. The summed E-state index contributed by atoms with van der Waals surface area (Å²) in [6.07, 6.45) is 2.70. The van der Waals surface area contributed by atoms with Crippen LogP contribution in [0.3, 0.4) is 0 Å². The zero-order valence-electron chi connectivity index (χ0n) is 11.2. The van der Waals surface area contributed by atoms with E-state index in [1.54, 1.807) is 0 Å². The molecule has 9 heteroatoms. The van der Waals surface area contributed by atoms with Crippen LogP contribution in [0.5, 0.6) is 0 Å². The second-order valence-corrected chi connectivity index (χ2v) is 7.35. The highest BCUT2D eigenvalue weighted by molar-refractivity contribution is 7.91. The van der Waals surface area contributed by atoms with Crippen molar-refractivity contribution in [3.8, 4) is 0 Å². The lowest BCUT2D eigenvalue weighted by atomic mass is 10.2. The molecule has 1 fully saturated rings. The highest BCUT2D eigenvalue weighted by Gasteiger charge is 2.35. The van der Waals surface area contributed by atoms with E-state index in [9.17, 15) is 27.3 Å². The van der Waals surface area contributed by atoms with Crippen LogP contribution in [0.25, 0.3) is 0 Å². The minimum Gasteiger partial charge on any atom is -0.378 e.